The molecule has 4 rings (SSSR count). The molecule has 1 aliphatic heterocycles. The smallest absolute Gasteiger partial charge is 0.366 e. The summed E-state index contributed by atoms with van der Waals surface area (Å²) in [7, 11) is 0. The molecule has 5 nitrogen and oxygen atoms in total. The Morgan fingerprint density at radius 1 is 1.19 bits per heavy atom. The highest BCUT2D eigenvalue weighted by Gasteiger charge is 2.42. The third-order valence-corrected chi connectivity index (χ3v) is 5.85. The number of hydrogen-bond acceptors (Lipinski definition) is 4. The van der Waals surface area contributed by atoms with Gasteiger partial charge in [0.15, 0.2) is 0 Å². The van der Waals surface area contributed by atoms with Crippen molar-refractivity contribution in [3.8, 4) is 0 Å². The Morgan fingerprint density at radius 2 is 2.00 bits per heavy atom. The minimum atomic E-state index is -4.50. The van der Waals surface area contributed by atoms with Crippen molar-refractivity contribution in [2.45, 2.75) is 44.1 Å². The van der Waals surface area contributed by atoms with Crippen molar-refractivity contribution in [3.05, 3.63) is 65.5 Å². The summed E-state index contributed by atoms with van der Waals surface area (Å²) in [4.78, 5) is 20.7. The van der Waals surface area contributed by atoms with Crippen molar-refractivity contribution in [2.75, 3.05) is 26.2 Å². The molecule has 2 aliphatic rings. The van der Waals surface area contributed by atoms with E-state index in [0.717, 1.165) is 28.9 Å². The zero-order chi connectivity index (χ0) is 21.8. The second-order valence-electron chi connectivity index (χ2n) is 8.12. The van der Waals surface area contributed by atoms with Crippen molar-refractivity contribution in [3.63, 3.8) is 0 Å². The first-order valence-electron chi connectivity index (χ1n) is 10.6. The lowest BCUT2D eigenvalue weighted by atomic mass is 9.90. The Kier molecular flexibility index (Phi) is 6.57. The molecule has 0 radical (unpaired) electrons. The molecule has 1 saturated heterocycles. The van der Waals surface area contributed by atoms with Gasteiger partial charge in [0, 0.05) is 25.8 Å². The molecule has 0 unspecified atom stereocenters. The van der Waals surface area contributed by atoms with Gasteiger partial charge in [0.2, 0.25) is 0 Å². The van der Waals surface area contributed by atoms with Crippen LogP contribution in [0.1, 0.15) is 35.7 Å². The Hall–Kier alpha value is -2.45. The number of nitrogens with zero attached hydrogens (tertiary/aromatic N) is 3. The number of halogens is 3. The maximum absolute atomic E-state index is 13.5. The van der Waals surface area contributed by atoms with Crippen LogP contribution in [0.3, 0.4) is 0 Å². The summed E-state index contributed by atoms with van der Waals surface area (Å²) in [6.45, 7) is 0.532. The van der Waals surface area contributed by atoms with Crippen LogP contribution in [0.4, 0.5) is 13.2 Å². The summed E-state index contributed by atoms with van der Waals surface area (Å²) in [5.41, 5.74) is 2.57. The van der Waals surface area contributed by atoms with Gasteiger partial charge in [-0.2, -0.15) is 13.2 Å². The highest BCUT2D eigenvalue weighted by atomic mass is 19.4. The molecule has 0 saturated carbocycles. The number of pyridine rings is 1. The summed E-state index contributed by atoms with van der Waals surface area (Å²) in [6.07, 6.45) is -1.90. The van der Waals surface area contributed by atoms with E-state index in [1.807, 2.05) is 36.4 Å². The average Bonchev–Trinajstić information content (AvgIpc) is 2.77. The lowest BCUT2D eigenvalue weighted by Gasteiger charge is -2.39. The molecule has 166 valence electrons. The number of morpholine rings is 1. The molecule has 0 N–H and O–H groups in total. The second kappa shape index (κ2) is 9.36. The van der Waals surface area contributed by atoms with E-state index in [4.69, 9.17) is 4.74 Å². The standard InChI is InChI=1S/C23H26F3N3O2/c24-23(25,26)16-29(19-10-4-8-18-9-5-11-27-21(18)19)22(30)20-15-28(12-13-31-20)14-17-6-2-1-3-7-17/h1-3,5-7,9,11,19-20H,4,8,10,12-16H2/t19-,20+/m0/s1. The van der Waals surface area contributed by atoms with E-state index in [9.17, 15) is 18.0 Å². The van der Waals surface area contributed by atoms with Crippen LogP contribution in [-0.4, -0.2) is 59.2 Å². The number of alkyl halides is 3. The minimum absolute atomic E-state index is 0.268. The first kappa shape index (κ1) is 21.8. The fourth-order valence-electron chi connectivity index (χ4n) is 4.45. The normalized spacial score (nSPS) is 22.0. The molecule has 8 heteroatoms. The molecule has 2 atom stereocenters. The Bertz CT molecular complexity index is 891. The molecule has 1 aromatic carbocycles. The fraction of sp³-hybridized carbons (Fsp3) is 0.478. The molecule has 0 spiro atoms. The Balaban J connectivity index is 1.54. The molecule has 2 aromatic rings. The van der Waals surface area contributed by atoms with Crippen LogP contribution in [0.15, 0.2) is 48.7 Å². The van der Waals surface area contributed by atoms with Crippen molar-refractivity contribution < 1.29 is 22.7 Å². The molecule has 2 heterocycles. The van der Waals surface area contributed by atoms with Crippen LogP contribution in [0, 0.1) is 0 Å². The van der Waals surface area contributed by atoms with E-state index in [2.05, 4.69) is 9.88 Å². The SMILES string of the molecule is O=C([C@H]1CN(Cc2ccccc2)CCO1)N(CC(F)(F)F)[C@H]1CCCc2cccnc21. The highest BCUT2D eigenvalue weighted by molar-refractivity contribution is 5.82. The summed E-state index contributed by atoms with van der Waals surface area (Å²) in [5, 5.41) is 0. The van der Waals surface area contributed by atoms with Gasteiger partial charge in [0.05, 0.1) is 18.3 Å². The summed E-state index contributed by atoms with van der Waals surface area (Å²) in [6, 6.07) is 12.8. The number of fused-ring (bicyclic) bond motifs is 1. The Morgan fingerprint density at radius 3 is 2.77 bits per heavy atom. The molecular formula is C23H26F3N3O2. The van der Waals surface area contributed by atoms with Gasteiger partial charge >= 0.3 is 6.18 Å². The van der Waals surface area contributed by atoms with Crippen LogP contribution in [-0.2, 0) is 22.5 Å². The first-order valence-corrected chi connectivity index (χ1v) is 10.6. The van der Waals surface area contributed by atoms with Gasteiger partial charge in [0.1, 0.15) is 12.6 Å². The van der Waals surface area contributed by atoms with Gasteiger partial charge < -0.3 is 9.64 Å². The van der Waals surface area contributed by atoms with Gasteiger partial charge in [-0.3, -0.25) is 14.7 Å². The zero-order valence-corrected chi connectivity index (χ0v) is 17.2. The van der Waals surface area contributed by atoms with Crippen LogP contribution in [0.5, 0.6) is 0 Å². The number of carbonyl (C=O) groups excluding carboxylic acids is 1. The summed E-state index contributed by atoms with van der Waals surface area (Å²) >= 11 is 0. The van der Waals surface area contributed by atoms with Crippen LogP contribution in [0.2, 0.25) is 0 Å². The monoisotopic (exact) mass is 433 g/mol. The minimum Gasteiger partial charge on any atom is -0.366 e. The van der Waals surface area contributed by atoms with E-state index in [-0.39, 0.29) is 6.54 Å². The molecular weight excluding hydrogens is 407 g/mol. The Labute approximate surface area is 179 Å². The second-order valence-corrected chi connectivity index (χ2v) is 8.12. The number of hydrogen-bond donors (Lipinski definition) is 0. The van der Waals surface area contributed by atoms with Gasteiger partial charge in [-0.05, 0) is 36.5 Å². The fourth-order valence-corrected chi connectivity index (χ4v) is 4.45. The number of ether oxygens (including phenoxy) is 1. The van der Waals surface area contributed by atoms with Crippen molar-refractivity contribution >= 4 is 5.91 Å². The number of carbonyl (C=O) groups is 1. The number of benzene rings is 1. The van der Waals surface area contributed by atoms with Crippen molar-refractivity contribution in [1.82, 2.24) is 14.8 Å². The third-order valence-electron chi connectivity index (χ3n) is 5.85. The largest absolute Gasteiger partial charge is 0.406 e. The van der Waals surface area contributed by atoms with Crippen LogP contribution in [0.25, 0.3) is 0 Å². The molecule has 1 fully saturated rings. The van der Waals surface area contributed by atoms with Gasteiger partial charge in [0.25, 0.3) is 5.91 Å². The lowest BCUT2D eigenvalue weighted by Crippen LogP contribution is -2.53. The van der Waals surface area contributed by atoms with Gasteiger partial charge in [-0.25, -0.2) is 0 Å². The molecule has 1 aromatic heterocycles. The zero-order valence-electron chi connectivity index (χ0n) is 17.2. The van der Waals surface area contributed by atoms with Crippen molar-refractivity contribution in [1.29, 1.82) is 0 Å². The van der Waals surface area contributed by atoms with E-state index in [1.165, 1.54) is 0 Å². The van der Waals surface area contributed by atoms with E-state index in [1.54, 1.807) is 12.3 Å². The van der Waals surface area contributed by atoms with Gasteiger partial charge in [-0.15, -0.1) is 0 Å². The summed E-state index contributed by atoms with van der Waals surface area (Å²) < 4.78 is 46.0. The predicted octanol–water partition coefficient (Wildman–Crippen LogP) is 3.75. The third kappa shape index (κ3) is 5.43. The quantitative estimate of drug-likeness (QED) is 0.721. The van der Waals surface area contributed by atoms with Crippen LogP contribution < -0.4 is 0 Å². The molecule has 1 amide bonds. The van der Waals surface area contributed by atoms with E-state index in [0.29, 0.717) is 31.8 Å². The number of amides is 1. The molecule has 31 heavy (non-hydrogen) atoms. The number of aryl methyl sites for hydroxylation is 1. The van der Waals surface area contributed by atoms with E-state index < -0.39 is 30.8 Å². The molecule has 0 bridgehead atoms. The van der Waals surface area contributed by atoms with Crippen LogP contribution >= 0.6 is 0 Å². The highest BCUT2D eigenvalue weighted by Crippen LogP contribution is 2.35. The summed E-state index contributed by atoms with van der Waals surface area (Å²) in [5.74, 6) is -0.612. The maximum Gasteiger partial charge on any atom is 0.406 e. The van der Waals surface area contributed by atoms with E-state index >= 15 is 0 Å². The number of aromatic nitrogens is 1. The maximum atomic E-state index is 13.5. The lowest BCUT2D eigenvalue weighted by molar-refractivity contribution is -0.177. The number of rotatable bonds is 5. The first-order chi connectivity index (χ1) is 14.9. The molecule has 1 aliphatic carbocycles. The average molecular weight is 433 g/mol. The van der Waals surface area contributed by atoms with Crippen molar-refractivity contribution in [2.24, 2.45) is 0 Å². The topological polar surface area (TPSA) is 45.7 Å². The van der Waals surface area contributed by atoms with Gasteiger partial charge in [-0.1, -0.05) is 36.4 Å². The predicted molar refractivity (Wildman–Crippen MR) is 109 cm³/mol.